The molecule has 0 atom stereocenters. The maximum absolute atomic E-state index is 4.08. The lowest BCUT2D eigenvalue weighted by molar-refractivity contribution is 1.15. The van der Waals surface area contributed by atoms with Crippen molar-refractivity contribution < 1.29 is 0 Å². The van der Waals surface area contributed by atoms with Crippen molar-refractivity contribution in [3.8, 4) is 0 Å². The van der Waals surface area contributed by atoms with Crippen molar-refractivity contribution in [2.75, 3.05) is 5.32 Å². The van der Waals surface area contributed by atoms with Gasteiger partial charge in [-0.15, -0.1) is 0 Å². The lowest BCUT2D eigenvalue weighted by Crippen LogP contribution is -1.95. The number of halogens is 1. The molecule has 2 rings (SSSR count). The van der Waals surface area contributed by atoms with E-state index in [1.54, 1.807) is 18.6 Å². The summed E-state index contributed by atoms with van der Waals surface area (Å²) in [6.45, 7) is 0. The van der Waals surface area contributed by atoms with Crippen LogP contribution in [0.15, 0.2) is 41.5 Å². The zero-order chi connectivity index (χ0) is 9.80. The number of pyridine rings is 1. The van der Waals surface area contributed by atoms with Crippen molar-refractivity contribution in [3.63, 3.8) is 0 Å². The highest BCUT2D eigenvalue weighted by Gasteiger charge is 1.99. The molecule has 2 aromatic rings. The van der Waals surface area contributed by atoms with Gasteiger partial charge in [-0.2, -0.15) is 0 Å². The Morgan fingerprint density at radius 3 is 2.86 bits per heavy atom. The van der Waals surface area contributed by atoms with Gasteiger partial charge in [-0.25, -0.2) is 9.97 Å². The third kappa shape index (κ3) is 2.05. The van der Waals surface area contributed by atoms with Crippen LogP contribution in [0.4, 0.5) is 11.5 Å². The zero-order valence-electron chi connectivity index (χ0n) is 7.18. The predicted molar refractivity (Wildman–Crippen MR) is 57.3 cm³/mol. The number of nitrogens with one attached hydrogen (secondary N) is 1. The first-order valence-electron chi connectivity index (χ1n) is 3.99. The van der Waals surface area contributed by atoms with Gasteiger partial charge in [0.15, 0.2) is 0 Å². The molecule has 0 unspecified atom stereocenters. The monoisotopic (exact) mass is 250 g/mol. The van der Waals surface area contributed by atoms with Gasteiger partial charge in [-0.3, -0.25) is 4.98 Å². The number of nitrogens with zero attached hydrogens (tertiary/aromatic N) is 3. The molecule has 2 aromatic heterocycles. The summed E-state index contributed by atoms with van der Waals surface area (Å²) in [6.07, 6.45) is 6.63. The fourth-order valence-electron chi connectivity index (χ4n) is 0.978. The molecule has 0 aliphatic rings. The van der Waals surface area contributed by atoms with Crippen LogP contribution < -0.4 is 5.32 Å². The summed E-state index contributed by atoms with van der Waals surface area (Å²) >= 11 is 3.35. The van der Waals surface area contributed by atoms with E-state index in [1.807, 2.05) is 12.1 Å². The van der Waals surface area contributed by atoms with E-state index >= 15 is 0 Å². The van der Waals surface area contributed by atoms with Gasteiger partial charge in [-0.1, -0.05) is 0 Å². The molecule has 5 heteroatoms. The normalized spacial score (nSPS) is 9.79. The highest BCUT2D eigenvalue weighted by molar-refractivity contribution is 9.10. The summed E-state index contributed by atoms with van der Waals surface area (Å²) in [7, 11) is 0. The van der Waals surface area contributed by atoms with Gasteiger partial charge in [-0.05, 0) is 28.1 Å². The molecule has 0 saturated heterocycles. The highest BCUT2D eigenvalue weighted by Crippen LogP contribution is 2.20. The van der Waals surface area contributed by atoms with Gasteiger partial charge in [0, 0.05) is 12.4 Å². The van der Waals surface area contributed by atoms with E-state index in [1.165, 1.54) is 6.33 Å². The van der Waals surface area contributed by atoms with E-state index in [-0.39, 0.29) is 0 Å². The molecule has 0 aliphatic heterocycles. The van der Waals surface area contributed by atoms with Crippen LogP contribution in [-0.2, 0) is 0 Å². The zero-order valence-corrected chi connectivity index (χ0v) is 8.77. The van der Waals surface area contributed by atoms with E-state index in [0.29, 0.717) is 0 Å². The van der Waals surface area contributed by atoms with Crippen molar-refractivity contribution in [1.29, 1.82) is 0 Å². The topological polar surface area (TPSA) is 50.7 Å². The summed E-state index contributed by atoms with van der Waals surface area (Å²) in [5.74, 6) is 0.730. The van der Waals surface area contributed by atoms with Crippen LogP contribution in [0, 0.1) is 0 Å². The van der Waals surface area contributed by atoms with Crippen LogP contribution in [0.25, 0.3) is 0 Å². The van der Waals surface area contributed by atoms with E-state index in [2.05, 4.69) is 36.2 Å². The predicted octanol–water partition coefficient (Wildman–Crippen LogP) is 2.38. The molecule has 0 amide bonds. The van der Waals surface area contributed by atoms with Gasteiger partial charge >= 0.3 is 0 Å². The van der Waals surface area contributed by atoms with Gasteiger partial charge < -0.3 is 5.32 Å². The van der Waals surface area contributed by atoms with Crippen LogP contribution in [0.3, 0.4) is 0 Å². The van der Waals surface area contributed by atoms with Gasteiger partial charge in [0.05, 0.1) is 16.4 Å². The molecule has 2 heterocycles. The average Bonchev–Trinajstić information content (AvgIpc) is 2.23. The first-order chi connectivity index (χ1) is 6.86. The summed E-state index contributed by atoms with van der Waals surface area (Å²) in [5.41, 5.74) is 0.895. The van der Waals surface area contributed by atoms with E-state index in [0.717, 1.165) is 16.0 Å². The Morgan fingerprint density at radius 1 is 1.21 bits per heavy atom. The highest BCUT2D eigenvalue weighted by atomic mass is 79.9. The fourth-order valence-corrected chi connectivity index (χ4v) is 1.30. The van der Waals surface area contributed by atoms with E-state index in [9.17, 15) is 0 Å². The number of hydrogen-bond donors (Lipinski definition) is 1. The second-order valence-corrected chi connectivity index (χ2v) is 3.44. The molecule has 70 valence electrons. The average molecular weight is 251 g/mol. The molecule has 1 N–H and O–H groups in total. The van der Waals surface area contributed by atoms with E-state index in [4.69, 9.17) is 0 Å². The van der Waals surface area contributed by atoms with Gasteiger partial charge in [0.25, 0.3) is 0 Å². The molecular weight excluding hydrogens is 244 g/mol. The van der Waals surface area contributed by atoms with Crippen LogP contribution in [0.5, 0.6) is 0 Å². The minimum Gasteiger partial charge on any atom is -0.338 e. The molecule has 0 bridgehead atoms. The van der Waals surface area contributed by atoms with Crippen molar-refractivity contribution in [2.45, 2.75) is 0 Å². The van der Waals surface area contributed by atoms with Crippen molar-refractivity contribution >= 4 is 27.4 Å². The quantitative estimate of drug-likeness (QED) is 0.890. The van der Waals surface area contributed by atoms with Gasteiger partial charge in [0.1, 0.15) is 12.1 Å². The second-order valence-electron chi connectivity index (χ2n) is 2.59. The van der Waals surface area contributed by atoms with Crippen LogP contribution >= 0.6 is 15.9 Å². The van der Waals surface area contributed by atoms with Crippen LogP contribution in [-0.4, -0.2) is 15.0 Å². The Kier molecular flexibility index (Phi) is 2.69. The molecular formula is C9H7BrN4. The Bertz CT molecular complexity index is 418. The molecule has 14 heavy (non-hydrogen) atoms. The molecule has 0 aromatic carbocycles. The minimum atomic E-state index is 0.730. The number of aromatic nitrogens is 3. The first kappa shape index (κ1) is 9.08. The third-order valence-corrected chi connectivity index (χ3v) is 2.17. The fraction of sp³-hybridized carbons (Fsp3) is 0. The van der Waals surface area contributed by atoms with Crippen molar-refractivity contribution in [3.05, 3.63) is 41.5 Å². The van der Waals surface area contributed by atoms with E-state index < -0.39 is 0 Å². The Hall–Kier alpha value is -1.49. The molecule has 0 spiro atoms. The smallest absolute Gasteiger partial charge is 0.148 e. The Morgan fingerprint density at radius 2 is 2.14 bits per heavy atom. The Labute approximate surface area is 89.6 Å². The lowest BCUT2D eigenvalue weighted by atomic mass is 10.4. The first-order valence-corrected chi connectivity index (χ1v) is 4.78. The van der Waals surface area contributed by atoms with Crippen LogP contribution in [0.2, 0.25) is 0 Å². The second kappa shape index (κ2) is 4.15. The molecule has 0 fully saturated rings. The minimum absolute atomic E-state index is 0.730. The van der Waals surface area contributed by atoms with Crippen molar-refractivity contribution in [2.24, 2.45) is 0 Å². The number of hydrogen-bond acceptors (Lipinski definition) is 4. The molecule has 0 radical (unpaired) electrons. The molecule has 4 nitrogen and oxygen atoms in total. The molecule has 0 saturated carbocycles. The SMILES string of the molecule is Brc1cncnc1Nc1cccnc1. The third-order valence-electron chi connectivity index (χ3n) is 1.59. The van der Waals surface area contributed by atoms with Crippen LogP contribution in [0.1, 0.15) is 0 Å². The molecule has 0 aliphatic carbocycles. The summed E-state index contributed by atoms with van der Waals surface area (Å²) in [5, 5.41) is 3.11. The number of anilines is 2. The maximum Gasteiger partial charge on any atom is 0.148 e. The van der Waals surface area contributed by atoms with Gasteiger partial charge in [0.2, 0.25) is 0 Å². The largest absolute Gasteiger partial charge is 0.338 e. The maximum atomic E-state index is 4.08. The summed E-state index contributed by atoms with van der Waals surface area (Å²) < 4.78 is 0.823. The summed E-state index contributed by atoms with van der Waals surface area (Å²) in [6, 6.07) is 3.78. The number of rotatable bonds is 2. The standard InChI is InChI=1S/C9H7BrN4/c10-8-5-12-6-13-9(8)14-7-2-1-3-11-4-7/h1-6H,(H,12,13,14). The lowest BCUT2D eigenvalue weighted by Gasteiger charge is -2.05. The van der Waals surface area contributed by atoms with Crippen molar-refractivity contribution in [1.82, 2.24) is 15.0 Å². The Balaban J connectivity index is 2.24. The summed E-state index contributed by atoms with van der Waals surface area (Å²) in [4.78, 5) is 11.9.